The zero-order valence-electron chi connectivity index (χ0n) is 9.61. The van der Waals surface area contributed by atoms with E-state index >= 15 is 0 Å². The third kappa shape index (κ3) is 5.17. The SMILES string of the molecule is C[C@@H](CC1CCCC1)C[C@H](N)CC(=O)O. The van der Waals surface area contributed by atoms with Crippen molar-refractivity contribution in [2.24, 2.45) is 17.6 Å². The first-order chi connectivity index (χ1) is 7.08. The van der Waals surface area contributed by atoms with Crippen LogP contribution in [0.2, 0.25) is 0 Å². The molecule has 0 heterocycles. The van der Waals surface area contributed by atoms with E-state index in [1.165, 1.54) is 32.1 Å². The average Bonchev–Trinajstić information content (AvgIpc) is 2.53. The number of hydrogen-bond acceptors (Lipinski definition) is 2. The molecule has 0 bridgehead atoms. The standard InChI is InChI=1S/C12H23NO2/c1-9(6-10-4-2-3-5-10)7-11(13)8-12(14)15/h9-11H,2-8,13H2,1H3,(H,14,15)/t9-,11-/m0/s1. The maximum atomic E-state index is 10.5. The second-order valence-corrected chi connectivity index (χ2v) is 5.09. The van der Waals surface area contributed by atoms with Gasteiger partial charge in [-0.05, 0) is 24.7 Å². The Hall–Kier alpha value is -0.570. The van der Waals surface area contributed by atoms with E-state index in [-0.39, 0.29) is 12.5 Å². The lowest BCUT2D eigenvalue weighted by Crippen LogP contribution is -2.26. The predicted octanol–water partition coefficient (Wildman–Crippen LogP) is 2.39. The summed E-state index contributed by atoms with van der Waals surface area (Å²) in [5, 5.41) is 8.60. The van der Waals surface area contributed by atoms with Crippen molar-refractivity contribution in [2.45, 2.75) is 57.9 Å². The van der Waals surface area contributed by atoms with E-state index in [1.807, 2.05) is 0 Å². The van der Waals surface area contributed by atoms with Gasteiger partial charge in [-0.2, -0.15) is 0 Å². The lowest BCUT2D eigenvalue weighted by molar-refractivity contribution is -0.137. The van der Waals surface area contributed by atoms with Gasteiger partial charge in [0.15, 0.2) is 0 Å². The highest BCUT2D eigenvalue weighted by molar-refractivity contribution is 5.67. The van der Waals surface area contributed by atoms with Crippen LogP contribution in [0.4, 0.5) is 0 Å². The van der Waals surface area contributed by atoms with Gasteiger partial charge in [-0.3, -0.25) is 4.79 Å². The molecule has 1 fully saturated rings. The minimum atomic E-state index is -0.782. The molecule has 0 amide bonds. The smallest absolute Gasteiger partial charge is 0.304 e. The van der Waals surface area contributed by atoms with Crippen molar-refractivity contribution in [1.82, 2.24) is 0 Å². The molecule has 0 unspecified atom stereocenters. The summed E-state index contributed by atoms with van der Waals surface area (Å²) in [5.74, 6) is 0.662. The molecule has 3 nitrogen and oxygen atoms in total. The molecule has 0 aromatic rings. The molecule has 0 radical (unpaired) electrons. The third-order valence-electron chi connectivity index (χ3n) is 3.35. The third-order valence-corrected chi connectivity index (χ3v) is 3.35. The molecule has 3 N–H and O–H groups in total. The highest BCUT2D eigenvalue weighted by Gasteiger charge is 2.19. The summed E-state index contributed by atoms with van der Waals surface area (Å²) >= 11 is 0. The summed E-state index contributed by atoms with van der Waals surface area (Å²) < 4.78 is 0. The molecule has 3 heteroatoms. The molecular formula is C12H23NO2. The van der Waals surface area contributed by atoms with Crippen LogP contribution in [0.25, 0.3) is 0 Å². The zero-order valence-corrected chi connectivity index (χ0v) is 9.61. The molecular weight excluding hydrogens is 190 g/mol. The first-order valence-corrected chi connectivity index (χ1v) is 6.05. The molecule has 1 saturated carbocycles. The Morgan fingerprint density at radius 2 is 2.07 bits per heavy atom. The molecule has 0 aromatic heterocycles. The fourth-order valence-corrected chi connectivity index (χ4v) is 2.74. The van der Waals surface area contributed by atoms with Gasteiger partial charge < -0.3 is 10.8 Å². The second-order valence-electron chi connectivity index (χ2n) is 5.09. The normalized spacial score (nSPS) is 21.5. The van der Waals surface area contributed by atoms with Gasteiger partial charge in [0.25, 0.3) is 0 Å². The van der Waals surface area contributed by atoms with Gasteiger partial charge in [-0.1, -0.05) is 32.6 Å². The van der Waals surface area contributed by atoms with Crippen molar-refractivity contribution in [3.8, 4) is 0 Å². The van der Waals surface area contributed by atoms with Crippen LogP contribution < -0.4 is 5.73 Å². The van der Waals surface area contributed by atoms with Gasteiger partial charge in [0, 0.05) is 6.04 Å². The molecule has 88 valence electrons. The summed E-state index contributed by atoms with van der Waals surface area (Å²) in [7, 11) is 0. The summed E-state index contributed by atoms with van der Waals surface area (Å²) in [6.45, 7) is 2.19. The van der Waals surface area contributed by atoms with Gasteiger partial charge in [0.2, 0.25) is 0 Å². The van der Waals surface area contributed by atoms with E-state index in [0.717, 1.165) is 12.3 Å². The van der Waals surface area contributed by atoms with Gasteiger partial charge >= 0.3 is 5.97 Å². The average molecular weight is 213 g/mol. The minimum Gasteiger partial charge on any atom is -0.481 e. The molecule has 1 aliphatic carbocycles. The predicted molar refractivity (Wildman–Crippen MR) is 60.6 cm³/mol. The summed E-state index contributed by atoms with van der Waals surface area (Å²) in [4.78, 5) is 10.5. The largest absolute Gasteiger partial charge is 0.481 e. The van der Waals surface area contributed by atoms with Crippen molar-refractivity contribution in [2.75, 3.05) is 0 Å². The van der Waals surface area contributed by atoms with Crippen LogP contribution in [0.1, 0.15) is 51.9 Å². The van der Waals surface area contributed by atoms with Crippen LogP contribution in [0.15, 0.2) is 0 Å². The maximum absolute atomic E-state index is 10.5. The van der Waals surface area contributed by atoms with Crippen molar-refractivity contribution in [1.29, 1.82) is 0 Å². The Bertz CT molecular complexity index is 200. The van der Waals surface area contributed by atoms with Crippen LogP contribution in [-0.4, -0.2) is 17.1 Å². The Morgan fingerprint density at radius 1 is 1.47 bits per heavy atom. The van der Waals surface area contributed by atoms with Crippen LogP contribution in [-0.2, 0) is 4.79 Å². The number of carboxylic acid groups (broad SMARTS) is 1. The minimum absolute atomic E-state index is 0.106. The quantitative estimate of drug-likeness (QED) is 0.712. The number of carboxylic acids is 1. The number of rotatable bonds is 6. The fourth-order valence-electron chi connectivity index (χ4n) is 2.74. The van der Waals surface area contributed by atoms with Crippen LogP contribution >= 0.6 is 0 Å². The fraction of sp³-hybridized carbons (Fsp3) is 0.917. The van der Waals surface area contributed by atoms with Crippen molar-refractivity contribution >= 4 is 5.97 Å². The highest BCUT2D eigenvalue weighted by atomic mass is 16.4. The van der Waals surface area contributed by atoms with Gasteiger partial charge in [0.1, 0.15) is 0 Å². The monoisotopic (exact) mass is 213 g/mol. The number of nitrogens with two attached hydrogens (primary N) is 1. The summed E-state index contributed by atoms with van der Waals surface area (Å²) in [6, 6.07) is -0.168. The Balaban J connectivity index is 2.16. The van der Waals surface area contributed by atoms with Crippen molar-refractivity contribution in [3.05, 3.63) is 0 Å². The molecule has 0 aliphatic heterocycles. The lowest BCUT2D eigenvalue weighted by atomic mass is 9.89. The van der Waals surface area contributed by atoms with Gasteiger partial charge in [-0.25, -0.2) is 0 Å². The van der Waals surface area contributed by atoms with E-state index in [0.29, 0.717) is 5.92 Å². The van der Waals surface area contributed by atoms with E-state index in [2.05, 4.69) is 6.92 Å². The molecule has 0 spiro atoms. The van der Waals surface area contributed by atoms with Crippen LogP contribution in [0.3, 0.4) is 0 Å². The van der Waals surface area contributed by atoms with Gasteiger partial charge in [0.05, 0.1) is 6.42 Å². The number of aliphatic carboxylic acids is 1. The van der Waals surface area contributed by atoms with Crippen molar-refractivity contribution < 1.29 is 9.90 Å². The molecule has 0 saturated heterocycles. The number of carbonyl (C=O) groups is 1. The molecule has 15 heavy (non-hydrogen) atoms. The van der Waals surface area contributed by atoms with E-state index < -0.39 is 5.97 Å². The highest BCUT2D eigenvalue weighted by Crippen LogP contribution is 2.31. The Labute approximate surface area is 92.0 Å². The summed E-state index contributed by atoms with van der Waals surface area (Å²) in [6.07, 6.45) is 7.65. The Morgan fingerprint density at radius 3 is 2.60 bits per heavy atom. The zero-order chi connectivity index (χ0) is 11.3. The molecule has 2 atom stereocenters. The summed E-state index contributed by atoms with van der Waals surface area (Å²) in [5.41, 5.74) is 5.77. The van der Waals surface area contributed by atoms with Crippen molar-refractivity contribution in [3.63, 3.8) is 0 Å². The Kier molecular flexibility index (Phi) is 5.09. The maximum Gasteiger partial charge on any atom is 0.304 e. The topological polar surface area (TPSA) is 63.3 Å². The van der Waals surface area contributed by atoms with Gasteiger partial charge in [-0.15, -0.1) is 0 Å². The second kappa shape index (κ2) is 6.11. The molecule has 1 aliphatic rings. The van der Waals surface area contributed by atoms with E-state index in [4.69, 9.17) is 10.8 Å². The van der Waals surface area contributed by atoms with Crippen LogP contribution in [0, 0.1) is 11.8 Å². The lowest BCUT2D eigenvalue weighted by Gasteiger charge is -2.19. The van der Waals surface area contributed by atoms with E-state index in [9.17, 15) is 4.79 Å². The van der Waals surface area contributed by atoms with E-state index in [1.54, 1.807) is 0 Å². The molecule has 1 rings (SSSR count). The first kappa shape index (κ1) is 12.5. The molecule has 0 aromatic carbocycles. The number of hydrogen-bond donors (Lipinski definition) is 2. The first-order valence-electron chi connectivity index (χ1n) is 6.05. The van der Waals surface area contributed by atoms with Crippen LogP contribution in [0.5, 0.6) is 0 Å².